The van der Waals surface area contributed by atoms with Gasteiger partial charge in [0.25, 0.3) is 5.56 Å². The maximum Gasteiger partial charge on any atom is 0.472 e. The summed E-state index contributed by atoms with van der Waals surface area (Å²) in [7, 11) is -4.67. The van der Waals surface area contributed by atoms with E-state index < -0.39 is 62.6 Å². The van der Waals surface area contributed by atoms with E-state index >= 15 is 0 Å². The Labute approximate surface area is 272 Å². The summed E-state index contributed by atoms with van der Waals surface area (Å²) in [6, 6.07) is 0.140. The van der Waals surface area contributed by atoms with Crippen LogP contribution in [-0.2, 0) is 18.4 Å². The van der Waals surface area contributed by atoms with Crippen molar-refractivity contribution in [3.05, 3.63) is 27.4 Å². The molecular weight excluding hydrogens is 625 g/mol. The van der Waals surface area contributed by atoms with Crippen molar-refractivity contribution in [3.8, 4) is 0 Å². The molecule has 0 aliphatic carbocycles. The molecule has 13 nitrogen and oxygen atoms in total. The normalized spacial score (nSPS) is 17.2. The molecule has 0 radical (unpaired) electrons. The number of nitrogens with zero attached hydrogens (tertiary/aromatic N) is 1. The van der Waals surface area contributed by atoms with Crippen molar-refractivity contribution >= 4 is 25.9 Å². The monoisotopic (exact) mass is 681 g/mol. The first kappa shape index (κ1) is 41.5. The number of hydrogen-bond acceptors (Lipinski definition) is 10. The van der Waals surface area contributed by atoms with Gasteiger partial charge in [0.05, 0.1) is 31.5 Å². The van der Waals surface area contributed by atoms with Gasteiger partial charge in [0.2, 0.25) is 5.91 Å². The lowest BCUT2D eigenvalue weighted by Gasteiger charge is -2.34. The van der Waals surface area contributed by atoms with Gasteiger partial charge in [-0.15, -0.1) is 0 Å². The van der Waals surface area contributed by atoms with E-state index in [4.69, 9.17) is 21.3 Å². The van der Waals surface area contributed by atoms with Crippen LogP contribution in [0.25, 0.3) is 0 Å². The topological polar surface area (TPSA) is 204 Å². The summed E-state index contributed by atoms with van der Waals surface area (Å²) in [6.45, 7) is 3.59. The molecule has 0 aromatic carbocycles. The average molecular weight is 682 g/mol. The van der Waals surface area contributed by atoms with E-state index in [-0.39, 0.29) is 11.2 Å². The predicted octanol–water partition coefficient (Wildman–Crippen LogP) is 4.38. The minimum Gasteiger partial charge on any atom is -0.391 e. The number of unbranched alkanes of at least 4 members (excludes halogenated alkanes) is 12. The van der Waals surface area contributed by atoms with Gasteiger partial charge in [-0.05, 0) is 25.6 Å². The minimum absolute atomic E-state index is 0.183. The lowest BCUT2D eigenvalue weighted by molar-refractivity contribution is -0.167. The third-order valence-electron chi connectivity index (χ3n) is 7.83. The van der Waals surface area contributed by atoms with Gasteiger partial charge in [0, 0.05) is 25.6 Å². The van der Waals surface area contributed by atoms with Gasteiger partial charge >= 0.3 is 7.82 Å². The fourth-order valence-corrected chi connectivity index (χ4v) is 5.96. The van der Waals surface area contributed by atoms with Crippen molar-refractivity contribution in [2.45, 2.75) is 147 Å². The summed E-state index contributed by atoms with van der Waals surface area (Å²) in [5.74, 6) is -0.437. The van der Waals surface area contributed by atoms with E-state index in [0.29, 0.717) is 6.42 Å². The minimum atomic E-state index is -4.67. The number of carbonyl (C=O) groups excluding carboxylic acids is 1. The van der Waals surface area contributed by atoms with Crippen LogP contribution in [0.15, 0.2) is 17.1 Å². The summed E-state index contributed by atoms with van der Waals surface area (Å²) in [5.41, 5.74) is -2.70. The fraction of sp³-hybridized carbons (Fsp3) is 0.833. The van der Waals surface area contributed by atoms with Crippen LogP contribution in [0.3, 0.4) is 0 Å². The van der Waals surface area contributed by atoms with Crippen molar-refractivity contribution in [2.24, 2.45) is 0 Å². The number of aliphatic hydroxyl groups is 4. The van der Waals surface area contributed by atoms with Gasteiger partial charge < -0.3 is 30.6 Å². The highest BCUT2D eigenvalue weighted by Gasteiger charge is 2.39. The van der Waals surface area contributed by atoms with Gasteiger partial charge in [-0.1, -0.05) is 90.4 Å². The molecule has 45 heavy (non-hydrogen) atoms. The smallest absolute Gasteiger partial charge is 0.391 e. The van der Waals surface area contributed by atoms with Crippen LogP contribution in [0.5, 0.6) is 0 Å². The molecule has 0 saturated carbocycles. The van der Waals surface area contributed by atoms with Gasteiger partial charge in [-0.3, -0.25) is 28.2 Å². The van der Waals surface area contributed by atoms with Gasteiger partial charge in [0.15, 0.2) is 11.0 Å². The van der Waals surface area contributed by atoms with Crippen molar-refractivity contribution in [1.82, 2.24) is 14.9 Å². The zero-order valence-corrected chi connectivity index (χ0v) is 28.8. The third kappa shape index (κ3) is 17.3. The SMILES string of the molecule is CCCCCCCCCCCCCCC[C@@H](O)[C@H](COP(=O)(O)OCCC(O)[C@@](C)(O)[C@@H](O)n1ccc(=O)[nH]c1=S)NC(C)=O. The predicted molar refractivity (Wildman–Crippen MR) is 174 cm³/mol. The number of amides is 1. The molecule has 1 heterocycles. The van der Waals surface area contributed by atoms with Crippen molar-refractivity contribution in [3.63, 3.8) is 0 Å². The maximum absolute atomic E-state index is 12.4. The second-order valence-corrected chi connectivity index (χ2v) is 13.8. The first-order chi connectivity index (χ1) is 21.2. The van der Waals surface area contributed by atoms with Crippen LogP contribution < -0.4 is 10.9 Å². The van der Waals surface area contributed by atoms with Crippen LogP contribution in [0, 0.1) is 4.77 Å². The lowest BCUT2D eigenvalue weighted by atomic mass is 9.94. The number of carbonyl (C=O) groups is 1. The summed E-state index contributed by atoms with van der Waals surface area (Å²) in [4.78, 5) is 35.4. The standard InChI is InChI=1S/C30H56N3O10PS/c1-4-5-6-7-8-9-10-11-12-13-14-15-16-17-25(35)24(31-23(2)34)22-43-44(40,41)42-21-19-26(36)30(3,39)28(38)33-20-18-27(37)32-29(33)45/h18,20,24-26,28,35-36,38-39H,4-17,19,21-22H2,1-3H3,(H,31,34)(H,40,41)(H,32,37,45)/t24-,25+,26?,28+,30+/m0/s1. The third-order valence-corrected chi connectivity index (χ3v) is 9.13. The Kier molecular flexibility index (Phi) is 20.5. The molecule has 0 aliphatic rings. The largest absolute Gasteiger partial charge is 0.472 e. The molecule has 1 aromatic heterocycles. The van der Waals surface area contributed by atoms with Crippen molar-refractivity contribution < 1.29 is 43.7 Å². The highest BCUT2D eigenvalue weighted by molar-refractivity contribution is 7.71. The number of phosphoric acid groups is 1. The number of aliphatic hydroxyl groups excluding tert-OH is 3. The lowest BCUT2D eigenvalue weighted by Crippen LogP contribution is -2.48. The van der Waals surface area contributed by atoms with E-state index in [1.54, 1.807) is 0 Å². The fourth-order valence-electron chi connectivity index (χ4n) is 4.94. The molecule has 0 aliphatic heterocycles. The van der Waals surface area contributed by atoms with Crippen LogP contribution in [0.1, 0.15) is 123 Å². The van der Waals surface area contributed by atoms with Crippen LogP contribution in [-0.4, -0.2) is 77.8 Å². The average Bonchev–Trinajstić information content (AvgIpc) is 2.96. The second kappa shape index (κ2) is 22.2. The molecular formula is C30H56N3O10PS. The summed E-state index contributed by atoms with van der Waals surface area (Å²) < 4.78 is 23.2. The Morgan fingerprint density at radius 3 is 2.04 bits per heavy atom. The molecule has 1 amide bonds. The Morgan fingerprint density at radius 1 is 1.00 bits per heavy atom. The molecule has 1 aromatic rings. The van der Waals surface area contributed by atoms with E-state index in [9.17, 15) is 39.5 Å². The van der Waals surface area contributed by atoms with E-state index in [1.165, 1.54) is 64.7 Å². The number of nitrogens with one attached hydrogen (secondary N) is 2. The summed E-state index contributed by atoms with van der Waals surface area (Å²) >= 11 is 4.97. The molecule has 0 fully saturated rings. The van der Waals surface area contributed by atoms with E-state index in [1.807, 2.05) is 0 Å². The molecule has 0 saturated heterocycles. The molecule has 1 rings (SSSR count). The first-order valence-corrected chi connectivity index (χ1v) is 18.1. The molecule has 0 spiro atoms. The zero-order valence-electron chi connectivity index (χ0n) is 27.1. The molecule has 7 N–H and O–H groups in total. The number of hydrogen-bond donors (Lipinski definition) is 7. The van der Waals surface area contributed by atoms with Gasteiger partial charge in [-0.25, -0.2) is 4.57 Å². The maximum atomic E-state index is 12.4. The first-order valence-electron chi connectivity index (χ1n) is 16.2. The second-order valence-electron chi connectivity index (χ2n) is 11.9. The molecule has 2 unspecified atom stereocenters. The Bertz CT molecular complexity index is 1130. The Morgan fingerprint density at radius 2 is 1.53 bits per heavy atom. The number of rotatable bonds is 26. The van der Waals surface area contributed by atoms with Crippen molar-refractivity contribution in [1.29, 1.82) is 0 Å². The number of H-pyrrole nitrogens is 1. The van der Waals surface area contributed by atoms with Crippen LogP contribution in [0.2, 0.25) is 0 Å². The van der Waals surface area contributed by atoms with E-state index in [0.717, 1.165) is 49.4 Å². The van der Waals surface area contributed by atoms with Crippen LogP contribution >= 0.6 is 20.0 Å². The highest BCUT2D eigenvalue weighted by Crippen LogP contribution is 2.43. The van der Waals surface area contributed by atoms with E-state index in [2.05, 4.69) is 17.2 Å². The molecule has 262 valence electrons. The Hall–Kier alpha value is -1.48. The number of aromatic nitrogens is 2. The van der Waals surface area contributed by atoms with Gasteiger partial charge in [0.1, 0.15) is 5.60 Å². The zero-order chi connectivity index (χ0) is 33.9. The molecule has 6 atom stereocenters. The number of aromatic amines is 1. The Balaban J connectivity index is 2.41. The molecule has 0 bridgehead atoms. The highest BCUT2D eigenvalue weighted by atomic mass is 32.1. The quantitative estimate of drug-likeness (QED) is 0.0415. The van der Waals surface area contributed by atoms with Crippen molar-refractivity contribution in [2.75, 3.05) is 13.2 Å². The molecule has 15 heteroatoms. The van der Waals surface area contributed by atoms with Crippen LogP contribution in [0.4, 0.5) is 0 Å². The van der Waals surface area contributed by atoms with Gasteiger partial charge in [-0.2, -0.15) is 0 Å². The summed E-state index contributed by atoms with van der Waals surface area (Å²) in [5, 5.41) is 44.9. The summed E-state index contributed by atoms with van der Waals surface area (Å²) in [6.07, 6.45) is 12.2. The number of phosphoric ester groups is 1.